The van der Waals surface area contributed by atoms with Crippen LogP contribution in [0.15, 0.2) is 36.4 Å². The molecule has 1 saturated carbocycles. The van der Waals surface area contributed by atoms with Crippen LogP contribution in [0.25, 0.3) is 11.6 Å². The molecule has 1 atom stereocenters. The summed E-state index contributed by atoms with van der Waals surface area (Å²) in [4.78, 5) is 17.5. The fourth-order valence-electron chi connectivity index (χ4n) is 5.73. The highest BCUT2D eigenvalue weighted by molar-refractivity contribution is 5.66. The molecular weight excluding hydrogens is 434 g/mol. The quantitative estimate of drug-likeness (QED) is 0.356. The Morgan fingerprint density at radius 2 is 1.17 bits per heavy atom. The van der Waals surface area contributed by atoms with Crippen molar-refractivity contribution in [1.82, 2.24) is 14.1 Å². The molecule has 0 radical (unpaired) electrons. The number of hydrogen-bond donors (Lipinski definition) is 0. The first-order valence-electron chi connectivity index (χ1n) is 13.3. The smallest absolute Gasteiger partial charge is 0.303 e. The molecule has 3 aromatic heterocycles. The average Bonchev–Trinajstić information content (AvgIpc) is 3.35. The first-order chi connectivity index (χ1) is 16.8. The lowest BCUT2D eigenvalue weighted by Crippen LogP contribution is -2.21. The lowest BCUT2D eigenvalue weighted by Gasteiger charge is -2.29. The van der Waals surface area contributed by atoms with E-state index < -0.39 is 0 Å². The van der Waals surface area contributed by atoms with Crippen molar-refractivity contribution in [2.24, 2.45) is 5.92 Å². The first-order valence-corrected chi connectivity index (χ1v) is 13.3. The molecule has 5 nitrogen and oxygen atoms in total. The van der Waals surface area contributed by atoms with Crippen molar-refractivity contribution >= 4 is 5.97 Å². The molecule has 0 bridgehead atoms. The maximum atomic E-state index is 12.3. The number of carbonyl (C=O) groups is 1. The third kappa shape index (κ3) is 5.88. The number of aryl methyl sites for hydroxylation is 4. The molecule has 3 aromatic rings. The number of nitrogens with zero attached hydrogens (tertiary/aromatic N) is 3. The second-order valence-corrected chi connectivity index (χ2v) is 10.4. The van der Waals surface area contributed by atoms with Gasteiger partial charge in [-0.1, -0.05) is 44.9 Å². The molecule has 5 heteroatoms. The van der Waals surface area contributed by atoms with E-state index in [0.717, 1.165) is 52.8 Å². The Morgan fingerprint density at radius 3 is 1.57 bits per heavy atom. The largest absolute Gasteiger partial charge is 0.457 e. The standard InChI is InChI=1S/C30H41N3O2/c1-21-15-16-22(2)32(21)28-19-27(20-29(31-28)33-23(3)17-18-24(33)4)30(35-25(5)34)26-13-11-9-7-6-8-10-12-14-26/h15-20,26,30H,6-14H2,1-5H3. The van der Waals surface area contributed by atoms with Gasteiger partial charge >= 0.3 is 5.97 Å². The van der Waals surface area contributed by atoms with Crippen LogP contribution in [-0.2, 0) is 9.53 Å². The lowest BCUT2D eigenvalue weighted by atomic mass is 9.85. The number of carbonyl (C=O) groups excluding carboxylic acids is 1. The van der Waals surface area contributed by atoms with Gasteiger partial charge in [0.2, 0.25) is 0 Å². The van der Waals surface area contributed by atoms with Crippen LogP contribution in [0.2, 0.25) is 0 Å². The molecular formula is C30H41N3O2. The van der Waals surface area contributed by atoms with Gasteiger partial charge in [-0.2, -0.15) is 0 Å². The summed E-state index contributed by atoms with van der Waals surface area (Å²) in [7, 11) is 0. The summed E-state index contributed by atoms with van der Waals surface area (Å²) in [5.74, 6) is 1.86. The predicted octanol–water partition coefficient (Wildman–Crippen LogP) is 7.64. The summed E-state index contributed by atoms with van der Waals surface area (Å²) in [5.41, 5.74) is 5.61. The van der Waals surface area contributed by atoms with Crippen LogP contribution in [0.5, 0.6) is 0 Å². The number of ether oxygens (including phenoxy) is 1. The molecule has 1 aliphatic carbocycles. The SMILES string of the molecule is CC(=O)OC(c1cc(-n2c(C)ccc2C)nc(-n2c(C)ccc2C)c1)C1CCCCCCCCC1. The highest BCUT2D eigenvalue weighted by Gasteiger charge is 2.28. The van der Waals surface area contributed by atoms with Gasteiger partial charge in [0.05, 0.1) is 0 Å². The van der Waals surface area contributed by atoms with E-state index in [1.807, 2.05) is 0 Å². The van der Waals surface area contributed by atoms with Crippen molar-refractivity contribution < 1.29 is 9.53 Å². The second-order valence-electron chi connectivity index (χ2n) is 10.4. The number of rotatable bonds is 5. The van der Waals surface area contributed by atoms with Gasteiger partial charge in [0, 0.05) is 41.2 Å². The van der Waals surface area contributed by atoms with Crippen LogP contribution < -0.4 is 0 Å². The summed E-state index contributed by atoms with van der Waals surface area (Å²) in [5, 5.41) is 0. The monoisotopic (exact) mass is 475 g/mol. The van der Waals surface area contributed by atoms with E-state index in [4.69, 9.17) is 9.72 Å². The molecule has 0 saturated heterocycles. The Morgan fingerprint density at radius 1 is 0.771 bits per heavy atom. The van der Waals surface area contributed by atoms with E-state index in [-0.39, 0.29) is 12.1 Å². The van der Waals surface area contributed by atoms with Gasteiger partial charge in [-0.05, 0) is 76.9 Å². The van der Waals surface area contributed by atoms with Crippen molar-refractivity contribution in [3.63, 3.8) is 0 Å². The maximum absolute atomic E-state index is 12.3. The van der Waals surface area contributed by atoms with Crippen molar-refractivity contribution in [2.75, 3.05) is 0 Å². The highest BCUT2D eigenvalue weighted by Crippen LogP contribution is 2.37. The number of hydrogen-bond acceptors (Lipinski definition) is 3. The van der Waals surface area contributed by atoms with Crippen molar-refractivity contribution in [3.8, 4) is 11.6 Å². The van der Waals surface area contributed by atoms with Crippen molar-refractivity contribution in [3.05, 3.63) is 64.7 Å². The van der Waals surface area contributed by atoms with Crippen LogP contribution >= 0.6 is 0 Å². The zero-order valence-corrected chi connectivity index (χ0v) is 22.1. The molecule has 0 spiro atoms. The van der Waals surface area contributed by atoms with E-state index in [1.54, 1.807) is 0 Å². The van der Waals surface area contributed by atoms with Gasteiger partial charge in [0.25, 0.3) is 0 Å². The van der Waals surface area contributed by atoms with Crippen LogP contribution in [0, 0.1) is 33.6 Å². The molecule has 188 valence electrons. The lowest BCUT2D eigenvalue weighted by molar-refractivity contribution is -0.150. The van der Waals surface area contributed by atoms with Gasteiger partial charge in [0.15, 0.2) is 0 Å². The zero-order valence-electron chi connectivity index (χ0n) is 22.1. The first kappa shape index (κ1) is 25.3. The molecule has 3 heterocycles. The van der Waals surface area contributed by atoms with Crippen LogP contribution in [0.1, 0.15) is 99.2 Å². The molecule has 1 unspecified atom stereocenters. The minimum absolute atomic E-state index is 0.214. The Kier molecular flexibility index (Phi) is 8.15. The van der Waals surface area contributed by atoms with Gasteiger partial charge in [-0.15, -0.1) is 0 Å². The third-order valence-corrected chi connectivity index (χ3v) is 7.52. The maximum Gasteiger partial charge on any atom is 0.303 e. The summed E-state index contributed by atoms with van der Waals surface area (Å²) in [6.45, 7) is 9.97. The van der Waals surface area contributed by atoms with Gasteiger partial charge in [-0.3, -0.25) is 4.79 Å². The Balaban J connectivity index is 1.84. The number of aromatic nitrogens is 3. The van der Waals surface area contributed by atoms with Gasteiger partial charge < -0.3 is 13.9 Å². The fraction of sp³-hybridized carbons (Fsp3) is 0.533. The van der Waals surface area contributed by atoms with E-state index in [1.165, 1.54) is 51.9 Å². The Hall–Kier alpha value is -2.82. The minimum Gasteiger partial charge on any atom is -0.457 e. The van der Waals surface area contributed by atoms with Crippen LogP contribution in [-0.4, -0.2) is 20.1 Å². The molecule has 0 aliphatic heterocycles. The summed E-state index contributed by atoms with van der Waals surface area (Å²) < 4.78 is 10.5. The number of esters is 1. The Bertz CT molecular complexity index is 1040. The zero-order chi connectivity index (χ0) is 24.9. The van der Waals surface area contributed by atoms with Gasteiger partial charge in [0.1, 0.15) is 17.7 Å². The topological polar surface area (TPSA) is 49.1 Å². The van der Waals surface area contributed by atoms with Gasteiger partial charge in [-0.25, -0.2) is 4.98 Å². The van der Waals surface area contributed by atoms with Crippen LogP contribution in [0.3, 0.4) is 0 Å². The van der Waals surface area contributed by atoms with E-state index in [0.29, 0.717) is 5.92 Å². The predicted molar refractivity (Wildman–Crippen MR) is 141 cm³/mol. The van der Waals surface area contributed by atoms with E-state index in [9.17, 15) is 4.79 Å². The highest BCUT2D eigenvalue weighted by atomic mass is 16.5. The van der Waals surface area contributed by atoms with E-state index in [2.05, 4.69) is 73.2 Å². The third-order valence-electron chi connectivity index (χ3n) is 7.52. The molecule has 0 amide bonds. The normalized spacial score (nSPS) is 16.7. The molecule has 0 aromatic carbocycles. The molecule has 1 aliphatic rings. The fourth-order valence-corrected chi connectivity index (χ4v) is 5.73. The summed E-state index contributed by atoms with van der Waals surface area (Å²) in [6, 6.07) is 12.8. The van der Waals surface area contributed by atoms with Crippen molar-refractivity contribution in [1.29, 1.82) is 0 Å². The molecule has 4 rings (SSSR count). The van der Waals surface area contributed by atoms with Crippen LogP contribution in [0.4, 0.5) is 0 Å². The summed E-state index contributed by atoms with van der Waals surface area (Å²) >= 11 is 0. The van der Waals surface area contributed by atoms with E-state index >= 15 is 0 Å². The molecule has 0 N–H and O–H groups in total. The minimum atomic E-state index is -0.264. The summed E-state index contributed by atoms with van der Waals surface area (Å²) in [6.07, 6.45) is 10.8. The number of pyridine rings is 1. The average molecular weight is 476 g/mol. The molecule has 1 fully saturated rings. The van der Waals surface area contributed by atoms with Crippen molar-refractivity contribution in [2.45, 2.75) is 98.5 Å². The molecule has 35 heavy (non-hydrogen) atoms. The second kappa shape index (κ2) is 11.3. The Labute approximate surface area is 210 Å².